The summed E-state index contributed by atoms with van der Waals surface area (Å²) in [7, 11) is 1.54. The number of halogens is 1. The molecule has 0 saturated heterocycles. The zero-order chi connectivity index (χ0) is 31.5. The highest BCUT2D eigenvalue weighted by atomic mass is 35.5. The normalized spacial score (nSPS) is 13.6. The minimum absolute atomic E-state index is 0.0575. The summed E-state index contributed by atoms with van der Waals surface area (Å²) in [4.78, 5) is 47.7. The van der Waals surface area contributed by atoms with E-state index >= 15 is 0 Å². The molecule has 224 valence electrons. The highest BCUT2D eigenvalue weighted by Crippen LogP contribution is 2.32. The van der Waals surface area contributed by atoms with Gasteiger partial charge >= 0.3 is 11.9 Å². The molecule has 1 aliphatic rings. The van der Waals surface area contributed by atoms with Crippen LogP contribution in [0, 0.1) is 6.92 Å². The number of carboxylic acids is 2. The van der Waals surface area contributed by atoms with Crippen molar-refractivity contribution in [1.29, 1.82) is 0 Å². The maximum Gasteiger partial charge on any atom is 0.312 e. The highest BCUT2D eigenvalue weighted by Gasteiger charge is 2.31. The van der Waals surface area contributed by atoms with Crippen LogP contribution >= 0.6 is 11.6 Å². The first-order valence-corrected chi connectivity index (χ1v) is 14.2. The number of hydrogen-bond donors (Lipinski definition) is 2. The number of fused-ring (bicyclic) bond motifs is 2. The Balaban J connectivity index is 0.000000181. The molecule has 9 nitrogen and oxygen atoms in total. The van der Waals surface area contributed by atoms with Crippen molar-refractivity contribution in [3.05, 3.63) is 124 Å². The molecule has 0 saturated carbocycles. The second kappa shape index (κ2) is 12.6. The molecule has 0 amide bonds. The number of aromatic nitrogens is 2. The maximum atomic E-state index is 13.0. The number of nitrogens with zero attached hydrogens (tertiary/aromatic N) is 2. The Morgan fingerprint density at radius 3 is 2.25 bits per heavy atom. The Morgan fingerprint density at radius 2 is 1.61 bits per heavy atom. The maximum absolute atomic E-state index is 13.0. The van der Waals surface area contributed by atoms with Crippen molar-refractivity contribution in [3.63, 3.8) is 0 Å². The lowest BCUT2D eigenvalue weighted by Crippen LogP contribution is -2.14. The molecule has 0 fully saturated rings. The zero-order valence-corrected chi connectivity index (χ0v) is 24.7. The molecule has 3 heterocycles. The Kier molecular flexibility index (Phi) is 8.69. The molecule has 2 aromatic heterocycles. The molecule has 0 spiro atoms. The van der Waals surface area contributed by atoms with E-state index in [2.05, 4.69) is 0 Å². The fourth-order valence-electron chi connectivity index (χ4n) is 5.58. The van der Waals surface area contributed by atoms with Gasteiger partial charge in [0.05, 0.1) is 30.7 Å². The standard InChI is InChI=1S/C19H16ClNO4.C15H13NO3/c1-11-15(10-18(22)23)16-9-14(25-2)7-8-17(16)21(11)19(24)12-3-5-13(20)6-4-12;17-14(10-4-2-1-3-5-10)13-7-6-12-11(15(18)19)8-9-16(12)13/h3-9H,10H2,1-2H3,(H,22,23);1-7,11H,8-9H2,(H,18,19). The third kappa shape index (κ3) is 5.87. The molecule has 6 rings (SSSR count). The third-order valence-corrected chi connectivity index (χ3v) is 8.00. The van der Waals surface area contributed by atoms with Crippen LogP contribution in [0.5, 0.6) is 5.75 Å². The second-order valence-electron chi connectivity index (χ2n) is 10.3. The fraction of sp³-hybridized carbons (Fsp3) is 0.176. The molecule has 0 radical (unpaired) electrons. The van der Waals surface area contributed by atoms with Gasteiger partial charge < -0.3 is 19.5 Å². The monoisotopic (exact) mass is 612 g/mol. The van der Waals surface area contributed by atoms with Gasteiger partial charge in [0.25, 0.3) is 5.91 Å². The van der Waals surface area contributed by atoms with Crippen LogP contribution in [0.3, 0.4) is 0 Å². The van der Waals surface area contributed by atoms with Gasteiger partial charge in [-0.1, -0.05) is 41.9 Å². The first-order valence-electron chi connectivity index (χ1n) is 13.8. The number of carboxylic acid groups (broad SMARTS) is 2. The number of ketones is 1. The van der Waals surface area contributed by atoms with Crippen LogP contribution in [0.4, 0.5) is 0 Å². The summed E-state index contributed by atoms with van der Waals surface area (Å²) in [6, 6.07) is 24.4. The van der Waals surface area contributed by atoms with Crippen LogP contribution in [-0.2, 0) is 22.6 Å². The Labute approximate surface area is 257 Å². The number of carbonyl (C=O) groups excluding carboxylic acids is 2. The van der Waals surface area contributed by atoms with E-state index in [0.29, 0.717) is 62.7 Å². The van der Waals surface area contributed by atoms with Crippen molar-refractivity contribution in [2.75, 3.05) is 7.11 Å². The average Bonchev–Trinajstić information content (AvgIpc) is 3.70. The predicted octanol–water partition coefficient (Wildman–Crippen LogP) is 6.22. The molecule has 3 aromatic carbocycles. The fourth-order valence-corrected chi connectivity index (χ4v) is 5.70. The summed E-state index contributed by atoms with van der Waals surface area (Å²) in [6.07, 6.45) is 0.386. The molecule has 44 heavy (non-hydrogen) atoms. The SMILES string of the molecule is COc1ccc2c(c1)c(CC(=O)O)c(C)n2C(=O)c1ccc(Cl)cc1.O=C(c1ccccc1)c1ccc2n1CCC2C(=O)O. The molecule has 1 unspecified atom stereocenters. The number of carbonyl (C=O) groups is 4. The number of rotatable bonds is 7. The molecule has 0 bridgehead atoms. The quantitative estimate of drug-likeness (QED) is 0.209. The molecule has 2 N–H and O–H groups in total. The lowest BCUT2D eigenvalue weighted by atomic mass is 10.1. The van der Waals surface area contributed by atoms with Gasteiger partial charge in [-0.3, -0.25) is 23.7 Å². The number of ether oxygens (including phenoxy) is 1. The smallest absolute Gasteiger partial charge is 0.312 e. The topological polar surface area (TPSA) is 128 Å². The van der Waals surface area contributed by atoms with Crippen LogP contribution in [0.25, 0.3) is 10.9 Å². The van der Waals surface area contributed by atoms with E-state index in [-0.39, 0.29) is 18.1 Å². The van der Waals surface area contributed by atoms with Gasteiger partial charge in [0, 0.05) is 39.5 Å². The molecular weight excluding hydrogens is 584 g/mol. The number of methoxy groups -OCH3 is 1. The summed E-state index contributed by atoms with van der Waals surface area (Å²) in [5.41, 5.74) is 4.25. The van der Waals surface area contributed by atoms with Crippen LogP contribution < -0.4 is 4.74 Å². The molecule has 1 atom stereocenters. The molecule has 1 aliphatic heterocycles. The third-order valence-electron chi connectivity index (χ3n) is 7.74. The first-order chi connectivity index (χ1) is 21.1. The van der Waals surface area contributed by atoms with E-state index in [1.165, 1.54) is 4.57 Å². The molecule has 5 aromatic rings. The van der Waals surface area contributed by atoms with Crippen molar-refractivity contribution >= 4 is 46.1 Å². The van der Waals surface area contributed by atoms with E-state index in [1.807, 2.05) is 22.8 Å². The summed E-state index contributed by atoms with van der Waals surface area (Å²) in [6.45, 7) is 2.34. The highest BCUT2D eigenvalue weighted by molar-refractivity contribution is 6.30. The Bertz CT molecular complexity index is 1890. The van der Waals surface area contributed by atoms with Crippen LogP contribution in [0.2, 0.25) is 5.02 Å². The molecule has 0 aliphatic carbocycles. The Hall–Kier alpha value is -5.15. The van der Waals surface area contributed by atoms with E-state index < -0.39 is 17.9 Å². The van der Waals surface area contributed by atoms with E-state index in [9.17, 15) is 24.3 Å². The van der Waals surface area contributed by atoms with Gasteiger partial charge in [-0.2, -0.15) is 0 Å². The zero-order valence-electron chi connectivity index (χ0n) is 24.0. The average molecular weight is 613 g/mol. The van der Waals surface area contributed by atoms with Crippen LogP contribution in [0.15, 0.2) is 84.9 Å². The predicted molar refractivity (Wildman–Crippen MR) is 165 cm³/mol. The van der Waals surface area contributed by atoms with Crippen molar-refractivity contribution in [1.82, 2.24) is 9.13 Å². The molecule has 10 heteroatoms. The van der Waals surface area contributed by atoms with Crippen LogP contribution in [0.1, 0.15) is 55.7 Å². The summed E-state index contributed by atoms with van der Waals surface area (Å²) in [5.74, 6) is -1.95. The van der Waals surface area contributed by atoms with Crippen molar-refractivity contribution in [3.8, 4) is 5.75 Å². The van der Waals surface area contributed by atoms with Crippen molar-refractivity contribution in [2.45, 2.75) is 32.2 Å². The lowest BCUT2D eigenvalue weighted by Gasteiger charge is -2.08. The number of hydrogen-bond acceptors (Lipinski definition) is 5. The minimum Gasteiger partial charge on any atom is -0.497 e. The summed E-state index contributed by atoms with van der Waals surface area (Å²) in [5, 5.41) is 19.6. The van der Waals surface area contributed by atoms with Gasteiger partial charge in [-0.15, -0.1) is 0 Å². The van der Waals surface area contributed by atoms with Gasteiger partial charge in [-0.25, -0.2) is 0 Å². The minimum atomic E-state index is -0.955. The largest absolute Gasteiger partial charge is 0.497 e. The summed E-state index contributed by atoms with van der Waals surface area (Å²) >= 11 is 5.89. The Morgan fingerprint density at radius 1 is 0.909 bits per heavy atom. The van der Waals surface area contributed by atoms with E-state index in [0.717, 1.165) is 5.69 Å². The number of aliphatic carboxylic acids is 2. The van der Waals surface area contributed by atoms with Crippen LogP contribution in [-0.4, -0.2) is 50.1 Å². The lowest BCUT2D eigenvalue weighted by molar-refractivity contribution is -0.139. The number of benzene rings is 3. The van der Waals surface area contributed by atoms with Gasteiger partial charge in [-0.05, 0) is 73.5 Å². The van der Waals surface area contributed by atoms with Gasteiger partial charge in [0.15, 0.2) is 0 Å². The van der Waals surface area contributed by atoms with Gasteiger partial charge in [0.2, 0.25) is 5.78 Å². The van der Waals surface area contributed by atoms with Crippen molar-refractivity contribution < 1.29 is 34.1 Å². The second-order valence-corrected chi connectivity index (χ2v) is 10.8. The van der Waals surface area contributed by atoms with Gasteiger partial charge in [0.1, 0.15) is 5.75 Å². The molecular formula is C34H29ClN2O7. The van der Waals surface area contributed by atoms with Crippen molar-refractivity contribution in [2.24, 2.45) is 0 Å². The first kappa shape index (κ1) is 30.3. The van der Waals surface area contributed by atoms with E-state index in [4.69, 9.17) is 21.4 Å². The summed E-state index contributed by atoms with van der Waals surface area (Å²) < 4.78 is 8.60. The van der Waals surface area contributed by atoms with E-state index in [1.54, 1.807) is 80.8 Å².